The van der Waals surface area contributed by atoms with Crippen molar-refractivity contribution in [3.05, 3.63) is 65.3 Å². The van der Waals surface area contributed by atoms with Crippen molar-refractivity contribution in [3.63, 3.8) is 0 Å². The first kappa shape index (κ1) is 9.73. The molecule has 16 heavy (non-hydrogen) atoms. The third-order valence-electron chi connectivity index (χ3n) is 3.13. The van der Waals surface area contributed by atoms with Gasteiger partial charge in [0.1, 0.15) is 0 Å². The lowest BCUT2D eigenvalue weighted by atomic mass is 9.93. The molecule has 0 fully saturated rings. The molecule has 0 heterocycles. The van der Waals surface area contributed by atoms with Crippen LogP contribution in [0.4, 0.5) is 0 Å². The zero-order chi connectivity index (χ0) is 11.0. The highest BCUT2D eigenvalue weighted by Crippen LogP contribution is 2.34. The molecule has 78 valence electrons. The van der Waals surface area contributed by atoms with Crippen LogP contribution in [0.2, 0.25) is 0 Å². The lowest BCUT2D eigenvalue weighted by Crippen LogP contribution is -2.03. The van der Waals surface area contributed by atoms with Crippen LogP contribution in [-0.2, 0) is 6.42 Å². The lowest BCUT2D eigenvalue weighted by molar-refractivity contribution is 1.31. The number of hydrogen-bond donors (Lipinski definition) is 0. The number of fused-ring (bicyclic) bond motifs is 1. The summed E-state index contributed by atoms with van der Waals surface area (Å²) in [6, 6.07) is 8.58. The molecule has 0 aliphatic heterocycles. The fraction of sp³-hybridized carbons (Fsp3) is 0.133. The predicted molar refractivity (Wildman–Crippen MR) is 72.6 cm³/mol. The minimum absolute atomic E-state index is 0.903. The van der Waals surface area contributed by atoms with Crippen LogP contribution in [0.1, 0.15) is 17.5 Å². The molecule has 2 aliphatic carbocycles. The van der Waals surface area contributed by atoms with E-state index in [2.05, 4.69) is 48.6 Å². The molecule has 0 amide bonds. The summed E-state index contributed by atoms with van der Waals surface area (Å²) >= 11 is 5.43. The maximum Gasteiger partial charge on any atom is 0.0268 e. The first-order valence-electron chi connectivity index (χ1n) is 5.55. The van der Waals surface area contributed by atoms with Gasteiger partial charge in [0.25, 0.3) is 0 Å². The number of allylic oxidation sites excluding steroid dienone is 6. The Labute approximate surface area is 101 Å². The highest BCUT2D eigenvalue weighted by atomic mass is 32.1. The summed E-state index contributed by atoms with van der Waals surface area (Å²) < 4.78 is 0. The predicted octanol–water partition coefficient (Wildman–Crippen LogP) is 3.88. The van der Waals surface area contributed by atoms with E-state index in [0.717, 1.165) is 17.7 Å². The second-order valence-corrected chi connectivity index (χ2v) is 4.61. The minimum atomic E-state index is 0.903. The first-order chi connectivity index (χ1) is 7.86. The van der Waals surface area contributed by atoms with Crippen molar-refractivity contribution in [1.82, 2.24) is 0 Å². The van der Waals surface area contributed by atoms with Crippen molar-refractivity contribution >= 4 is 22.7 Å². The molecule has 0 saturated heterocycles. The van der Waals surface area contributed by atoms with E-state index in [9.17, 15) is 0 Å². The van der Waals surface area contributed by atoms with Crippen molar-refractivity contribution in [3.8, 4) is 0 Å². The third-order valence-corrected chi connectivity index (χ3v) is 3.51. The molecular weight excluding hydrogens is 212 g/mol. The van der Waals surface area contributed by atoms with E-state index >= 15 is 0 Å². The fourth-order valence-electron chi connectivity index (χ4n) is 2.32. The van der Waals surface area contributed by atoms with E-state index in [1.807, 2.05) is 0 Å². The Bertz CT molecular complexity index is 544. The molecule has 0 spiro atoms. The van der Waals surface area contributed by atoms with Crippen LogP contribution in [0.25, 0.3) is 5.57 Å². The van der Waals surface area contributed by atoms with E-state index in [1.165, 1.54) is 22.3 Å². The minimum Gasteiger partial charge on any atom is -0.0839 e. The topological polar surface area (TPSA) is 0 Å². The largest absolute Gasteiger partial charge is 0.0839 e. The second kappa shape index (κ2) is 3.84. The smallest absolute Gasteiger partial charge is 0.0268 e. The first-order valence-corrected chi connectivity index (χ1v) is 5.96. The summed E-state index contributed by atoms with van der Waals surface area (Å²) in [6.07, 6.45) is 10.6. The van der Waals surface area contributed by atoms with E-state index in [0.29, 0.717) is 0 Å². The van der Waals surface area contributed by atoms with Crippen molar-refractivity contribution < 1.29 is 0 Å². The molecule has 1 aromatic rings. The van der Waals surface area contributed by atoms with Crippen LogP contribution < -0.4 is 0 Å². The zero-order valence-corrected chi connectivity index (χ0v) is 9.76. The van der Waals surface area contributed by atoms with Crippen LogP contribution in [0.3, 0.4) is 0 Å². The molecule has 1 heteroatoms. The molecule has 1 aromatic carbocycles. The van der Waals surface area contributed by atoms with E-state index in [-0.39, 0.29) is 0 Å². The average Bonchev–Trinajstić information content (AvgIpc) is 2.74. The van der Waals surface area contributed by atoms with Crippen LogP contribution >= 0.6 is 12.2 Å². The summed E-state index contributed by atoms with van der Waals surface area (Å²) in [5.74, 6) is 0. The molecule has 0 radical (unpaired) electrons. The van der Waals surface area contributed by atoms with Gasteiger partial charge >= 0.3 is 0 Å². The van der Waals surface area contributed by atoms with Crippen LogP contribution in [0, 0.1) is 0 Å². The second-order valence-electron chi connectivity index (χ2n) is 4.11. The van der Waals surface area contributed by atoms with Crippen molar-refractivity contribution in [2.24, 2.45) is 0 Å². The monoisotopic (exact) mass is 224 g/mol. The van der Waals surface area contributed by atoms with Crippen molar-refractivity contribution in [1.29, 1.82) is 0 Å². The maximum absolute atomic E-state index is 5.43. The third kappa shape index (κ3) is 1.48. The van der Waals surface area contributed by atoms with Crippen LogP contribution in [0.5, 0.6) is 0 Å². The lowest BCUT2D eigenvalue weighted by Gasteiger charge is -2.13. The molecular formula is C15H12S. The summed E-state index contributed by atoms with van der Waals surface area (Å²) in [5, 5.41) is 0. The standard InChI is InChI=1S/C15H12S/c16-15-8-4-3-7-14(15)13-10-9-11-5-1-2-6-12(11)13/h1-7,10H,8-9H2. The van der Waals surface area contributed by atoms with Gasteiger partial charge in [-0.05, 0) is 28.7 Å². The molecule has 0 bridgehead atoms. The molecule has 3 rings (SSSR count). The van der Waals surface area contributed by atoms with Gasteiger partial charge in [-0.1, -0.05) is 60.8 Å². The normalized spacial score (nSPS) is 18.1. The Hall–Kier alpha value is -1.47. The van der Waals surface area contributed by atoms with Gasteiger partial charge in [-0.3, -0.25) is 0 Å². The summed E-state index contributed by atoms with van der Waals surface area (Å²) in [4.78, 5) is 1.06. The molecule has 0 atom stereocenters. The van der Waals surface area contributed by atoms with Gasteiger partial charge in [0.2, 0.25) is 0 Å². The molecule has 2 aliphatic rings. The highest BCUT2D eigenvalue weighted by Gasteiger charge is 2.19. The van der Waals surface area contributed by atoms with Gasteiger partial charge in [0.15, 0.2) is 0 Å². The number of rotatable bonds is 1. The highest BCUT2D eigenvalue weighted by molar-refractivity contribution is 7.81. The Morgan fingerprint density at radius 1 is 1.00 bits per heavy atom. The number of thiocarbonyl (C=S) groups is 1. The van der Waals surface area contributed by atoms with Gasteiger partial charge in [0, 0.05) is 11.3 Å². The Morgan fingerprint density at radius 2 is 1.88 bits per heavy atom. The van der Waals surface area contributed by atoms with Crippen LogP contribution in [0.15, 0.2) is 54.1 Å². The van der Waals surface area contributed by atoms with Gasteiger partial charge in [-0.15, -0.1) is 0 Å². The van der Waals surface area contributed by atoms with Gasteiger partial charge in [-0.2, -0.15) is 0 Å². The van der Waals surface area contributed by atoms with Crippen LogP contribution in [-0.4, -0.2) is 4.86 Å². The molecule has 0 saturated carbocycles. The number of hydrogen-bond acceptors (Lipinski definition) is 1. The SMILES string of the molecule is S=C1CC=CC=C1C1=CCc2ccccc21. The van der Waals surface area contributed by atoms with Gasteiger partial charge < -0.3 is 0 Å². The van der Waals surface area contributed by atoms with Crippen molar-refractivity contribution in [2.75, 3.05) is 0 Å². The Morgan fingerprint density at radius 3 is 2.75 bits per heavy atom. The number of benzene rings is 1. The Kier molecular flexibility index (Phi) is 2.33. The Balaban J connectivity index is 2.08. The molecule has 0 unspecified atom stereocenters. The summed E-state index contributed by atoms with van der Waals surface area (Å²) in [5.41, 5.74) is 5.33. The molecule has 0 N–H and O–H groups in total. The van der Waals surface area contributed by atoms with Gasteiger partial charge in [-0.25, -0.2) is 0 Å². The zero-order valence-electron chi connectivity index (χ0n) is 8.94. The molecule has 0 aromatic heterocycles. The fourth-order valence-corrected chi connectivity index (χ4v) is 2.59. The summed E-state index contributed by atoms with van der Waals surface area (Å²) in [6.45, 7) is 0. The van der Waals surface area contributed by atoms with Gasteiger partial charge in [0.05, 0.1) is 0 Å². The average molecular weight is 224 g/mol. The summed E-state index contributed by atoms with van der Waals surface area (Å²) in [7, 11) is 0. The van der Waals surface area contributed by atoms with E-state index in [4.69, 9.17) is 12.2 Å². The van der Waals surface area contributed by atoms with E-state index < -0.39 is 0 Å². The van der Waals surface area contributed by atoms with Crippen molar-refractivity contribution in [2.45, 2.75) is 12.8 Å². The molecule has 0 nitrogen and oxygen atoms in total. The van der Waals surface area contributed by atoms with E-state index in [1.54, 1.807) is 0 Å². The quantitative estimate of drug-likeness (QED) is 0.652. The maximum atomic E-state index is 5.43.